The Kier molecular flexibility index (Phi) is 8890. The molecule has 0 fully saturated rings. The molecule has 26 heavy (non-hydrogen) atoms. The summed E-state index contributed by atoms with van der Waals surface area (Å²) >= 11 is 0. The van der Waals surface area contributed by atoms with Crippen molar-refractivity contribution in [3.05, 3.63) is 39.4 Å². The van der Waals surface area contributed by atoms with Crippen molar-refractivity contribution in [3.8, 4) is 0 Å². The van der Waals surface area contributed by atoms with Crippen molar-refractivity contribution in [2.75, 3.05) is 0 Å². The van der Waals surface area contributed by atoms with Gasteiger partial charge < -0.3 is 105 Å². The third-order valence-corrected chi connectivity index (χ3v) is 0. The first-order chi connectivity index (χ1) is 6.00. The second kappa shape index (κ2) is 1000. The fraction of sp³-hybridized carbons (Fsp3) is 0. The summed E-state index contributed by atoms with van der Waals surface area (Å²) in [4.78, 5) is 0. The molecular formula is C6H6N6Os2Re4Se8-6. The molecule has 0 rings (SSSR count). The molecule has 0 amide bonds. The SMILES string of the molecule is [C-]#N.[C-]#N.[C-]#N.[C-]#N.[C-]#N.[C-]#N.[Os+].[Os+].[Re].[Re].[Re].[Re].[Se-].[Se-].[SeH].[SeH].[SeH].[SeH].[SeH].[SeH]. The van der Waals surface area contributed by atoms with Gasteiger partial charge in [0.15, 0.2) is 0 Å². The summed E-state index contributed by atoms with van der Waals surface area (Å²) in [5, 5.41) is 37.5. The van der Waals surface area contributed by atoms with Gasteiger partial charge in [0, 0.05) is 81.7 Å². The zero-order valence-corrected chi connectivity index (χ0v) is 42.0. The van der Waals surface area contributed by atoms with Gasteiger partial charge in [0.2, 0.25) is 0 Å². The predicted octanol–water partition coefficient (Wildman–Crippen LogP) is -4.09. The van der Waals surface area contributed by atoms with E-state index in [-0.39, 0.29) is 258 Å². The molecule has 0 N–H and O–H groups in total. The van der Waals surface area contributed by atoms with Crippen molar-refractivity contribution in [1.82, 2.24) is 0 Å². The summed E-state index contributed by atoms with van der Waals surface area (Å²) in [6.45, 7) is 28.5. The minimum atomic E-state index is 0. The van der Waals surface area contributed by atoms with Crippen LogP contribution in [-0.4, -0.2) is 137 Å². The fourth-order valence-corrected chi connectivity index (χ4v) is 0. The van der Waals surface area contributed by atoms with Crippen LogP contribution in [0.2, 0.25) is 0 Å². The molecule has 0 aliphatic heterocycles. The summed E-state index contributed by atoms with van der Waals surface area (Å²) in [6.07, 6.45) is 0. The first-order valence-corrected chi connectivity index (χ1v) is 1.34. The van der Waals surface area contributed by atoms with Crippen molar-refractivity contribution in [2.24, 2.45) is 0 Å². The van der Waals surface area contributed by atoms with Crippen molar-refractivity contribution < 1.29 is 121 Å². The van der Waals surface area contributed by atoms with Gasteiger partial charge in [0.25, 0.3) is 0 Å². The van der Waals surface area contributed by atoms with E-state index in [0.29, 0.717) is 0 Å². The van der Waals surface area contributed by atoms with Crippen LogP contribution in [0.4, 0.5) is 0 Å². The molecule has 0 unspecified atom stereocenters. The van der Waals surface area contributed by atoms with E-state index in [1.54, 1.807) is 0 Å². The zero-order chi connectivity index (χ0) is 12.0. The molecule has 0 bridgehead atoms. The molecule has 0 saturated carbocycles. The van der Waals surface area contributed by atoms with Gasteiger partial charge in [-0.1, -0.05) is 0 Å². The molecule has 20 heteroatoms. The molecule has 0 aliphatic rings. The summed E-state index contributed by atoms with van der Waals surface area (Å²) < 4.78 is 0. The van der Waals surface area contributed by atoms with Gasteiger partial charge in [-0.25, -0.2) is 0 Å². The molecule has 0 aromatic carbocycles. The standard InChI is InChI=1S/6CN.2Os.4Re.6HSe.2Se/c6*1-2;;;;;;;;;;;;;;/h;;;;;;;;;;;;6*1H;;/q6*-1;2*+1;;;;;;;;;;;2*-1. The van der Waals surface area contributed by atoms with Crippen molar-refractivity contribution in [3.63, 3.8) is 0 Å². The van der Waals surface area contributed by atoms with Gasteiger partial charge in [0.05, 0.1) is 0 Å². The summed E-state index contributed by atoms with van der Waals surface area (Å²) in [5.41, 5.74) is 0. The molecule has 14 radical (unpaired) electrons. The third kappa shape index (κ3) is 905. The average Bonchev–Trinajstić information content (AvgIpc) is 2.33. The van der Waals surface area contributed by atoms with E-state index >= 15 is 0 Å². The predicted molar refractivity (Wildman–Crippen MR) is 84.2 cm³/mol. The van der Waals surface area contributed by atoms with Crippen LogP contribution in [-0.2, 0) is 121 Å². The van der Waals surface area contributed by atoms with Gasteiger partial charge in [-0.15, -0.1) is 0 Å². The van der Waals surface area contributed by atoms with Gasteiger partial charge in [-0.2, -0.15) is 0 Å². The molecule has 0 aliphatic carbocycles. The van der Waals surface area contributed by atoms with Gasteiger partial charge in [-0.3, -0.25) is 0 Å². The second-order valence-corrected chi connectivity index (χ2v) is 0. The monoisotopic (exact) mass is 1930 g/mol. The molecular weight excluding hydrogens is 1910 g/mol. The topological polar surface area (TPSA) is 143 Å². The van der Waals surface area contributed by atoms with E-state index in [1.165, 1.54) is 0 Å². The minimum absolute atomic E-state index is 0. The summed E-state index contributed by atoms with van der Waals surface area (Å²) in [5.74, 6) is 0. The van der Waals surface area contributed by atoms with Crippen LogP contribution in [0, 0.1) is 71.0 Å². The van der Waals surface area contributed by atoms with Crippen LogP contribution >= 0.6 is 0 Å². The van der Waals surface area contributed by atoms with Crippen LogP contribution in [0.25, 0.3) is 0 Å². The maximum absolute atomic E-state index is 6.25. The third-order valence-electron chi connectivity index (χ3n) is 0. The van der Waals surface area contributed by atoms with Gasteiger partial charge >= 0.3 is 142 Å². The van der Waals surface area contributed by atoms with Crippen LogP contribution in [0.15, 0.2) is 0 Å². The van der Waals surface area contributed by atoms with Crippen molar-refractivity contribution in [1.29, 1.82) is 31.6 Å². The van der Waals surface area contributed by atoms with Crippen LogP contribution in [0.5, 0.6) is 0 Å². The molecule has 0 aromatic heterocycles. The number of rotatable bonds is 0. The number of hydrogen-bond acceptors (Lipinski definition) is 6. The molecule has 0 atom stereocenters. The van der Waals surface area contributed by atoms with E-state index in [0.717, 1.165) is 0 Å². The zero-order valence-electron chi connectivity index (χ0n) is 11.4. The molecule has 0 heterocycles. The molecule has 0 spiro atoms. The van der Waals surface area contributed by atoms with Crippen molar-refractivity contribution >= 4 is 137 Å². The maximum atomic E-state index is 6.25. The van der Waals surface area contributed by atoms with Crippen LogP contribution in [0.3, 0.4) is 0 Å². The summed E-state index contributed by atoms with van der Waals surface area (Å²) in [6, 6.07) is 0. The van der Waals surface area contributed by atoms with E-state index in [2.05, 4.69) is 0 Å². The average molecular weight is 1920 g/mol. The van der Waals surface area contributed by atoms with E-state index in [9.17, 15) is 0 Å². The Morgan fingerprint density at radius 2 is 0.269 bits per heavy atom. The molecule has 0 saturated heterocycles. The molecule has 158 valence electrons. The Bertz CT molecular complexity index is 132. The number of nitrogens with zero attached hydrogens (tertiary/aromatic N) is 6. The van der Waals surface area contributed by atoms with E-state index in [4.69, 9.17) is 71.0 Å². The first kappa shape index (κ1) is 230. The van der Waals surface area contributed by atoms with Crippen LogP contribution in [0.1, 0.15) is 0 Å². The molecule has 0 aromatic rings. The number of hydrogen-bond donors (Lipinski definition) is 0. The van der Waals surface area contributed by atoms with E-state index < -0.39 is 0 Å². The Hall–Kier alpha value is 5.02. The van der Waals surface area contributed by atoms with E-state index in [1.807, 2.05) is 0 Å². The Morgan fingerprint density at radius 1 is 0.269 bits per heavy atom. The Labute approximate surface area is 322 Å². The fourth-order valence-electron chi connectivity index (χ4n) is 0. The van der Waals surface area contributed by atoms with Gasteiger partial charge in [-0.05, 0) is 0 Å². The van der Waals surface area contributed by atoms with Crippen LogP contribution < -0.4 is 0 Å². The van der Waals surface area contributed by atoms with Gasteiger partial charge in [0.1, 0.15) is 0 Å². The Balaban J connectivity index is -0.000000000833. The van der Waals surface area contributed by atoms with Crippen molar-refractivity contribution in [2.45, 2.75) is 0 Å². The first-order valence-electron chi connectivity index (χ1n) is 1.34. The summed E-state index contributed by atoms with van der Waals surface area (Å²) in [7, 11) is 0. The normalized spacial score (nSPS) is 0.462. The second-order valence-electron chi connectivity index (χ2n) is 0. The quantitative estimate of drug-likeness (QED) is 0.179. The Morgan fingerprint density at radius 3 is 0.269 bits per heavy atom. The molecule has 6 nitrogen and oxygen atoms in total.